The molecule has 2 heteroatoms. The standard InChI is InChI=1S/C7H14FN/c1-6-3-2-4-9-5-7(6)8/h6-7,9H,2-5H2,1H3/t6-,7+/m0/s1. The van der Waals surface area contributed by atoms with Crippen molar-refractivity contribution in [1.82, 2.24) is 5.32 Å². The van der Waals surface area contributed by atoms with Gasteiger partial charge in [-0.25, -0.2) is 4.39 Å². The molecular weight excluding hydrogens is 117 g/mol. The predicted molar refractivity (Wildman–Crippen MR) is 36.2 cm³/mol. The Labute approximate surface area is 55.6 Å². The Morgan fingerprint density at radius 3 is 3.11 bits per heavy atom. The fraction of sp³-hybridized carbons (Fsp3) is 1.00. The van der Waals surface area contributed by atoms with Crippen LogP contribution in [-0.4, -0.2) is 19.3 Å². The molecule has 1 heterocycles. The van der Waals surface area contributed by atoms with Gasteiger partial charge in [0.1, 0.15) is 6.17 Å². The van der Waals surface area contributed by atoms with Crippen molar-refractivity contribution >= 4 is 0 Å². The van der Waals surface area contributed by atoms with Gasteiger partial charge in [0.25, 0.3) is 0 Å². The Balaban J connectivity index is 2.32. The van der Waals surface area contributed by atoms with Gasteiger partial charge in [0.15, 0.2) is 0 Å². The van der Waals surface area contributed by atoms with E-state index in [4.69, 9.17) is 0 Å². The van der Waals surface area contributed by atoms with Crippen LogP contribution >= 0.6 is 0 Å². The van der Waals surface area contributed by atoms with Crippen LogP contribution in [0.2, 0.25) is 0 Å². The number of halogens is 1. The van der Waals surface area contributed by atoms with Crippen molar-refractivity contribution < 1.29 is 4.39 Å². The van der Waals surface area contributed by atoms with Crippen molar-refractivity contribution in [3.8, 4) is 0 Å². The molecule has 1 aliphatic rings. The molecule has 0 aromatic heterocycles. The van der Waals surface area contributed by atoms with E-state index in [9.17, 15) is 4.39 Å². The smallest absolute Gasteiger partial charge is 0.115 e. The van der Waals surface area contributed by atoms with E-state index in [0.29, 0.717) is 6.54 Å². The summed E-state index contributed by atoms with van der Waals surface area (Å²) in [5.74, 6) is 0.264. The van der Waals surface area contributed by atoms with E-state index in [1.807, 2.05) is 6.92 Å². The minimum absolute atomic E-state index is 0.264. The Morgan fingerprint density at radius 2 is 2.33 bits per heavy atom. The third kappa shape index (κ3) is 1.94. The fourth-order valence-electron chi connectivity index (χ4n) is 1.17. The molecule has 9 heavy (non-hydrogen) atoms. The van der Waals surface area contributed by atoms with E-state index >= 15 is 0 Å². The highest BCUT2D eigenvalue weighted by molar-refractivity contribution is 4.71. The second-order valence-corrected chi connectivity index (χ2v) is 2.84. The molecule has 0 aromatic carbocycles. The van der Waals surface area contributed by atoms with Crippen LogP contribution < -0.4 is 5.32 Å². The molecule has 2 atom stereocenters. The van der Waals surface area contributed by atoms with Crippen LogP contribution in [0.3, 0.4) is 0 Å². The minimum Gasteiger partial charge on any atom is -0.314 e. The first-order chi connectivity index (χ1) is 4.30. The summed E-state index contributed by atoms with van der Waals surface area (Å²) in [5.41, 5.74) is 0. The highest BCUT2D eigenvalue weighted by Gasteiger charge is 2.17. The van der Waals surface area contributed by atoms with Gasteiger partial charge >= 0.3 is 0 Å². The zero-order valence-electron chi connectivity index (χ0n) is 5.86. The molecule has 1 rings (SSSR count). The molecular formula is C7H14FN. The summed E-state index contributed by atoms with van der Waals surface area (Å²) in [6.07, 6.45) is 1.54. The first-order valence-electron chi connectivity index (χ1n) is 3.65. The summed E-state index contributed by atoms with van der Waals surface area (Å²) in [5, 5.41) is 3.05. The molecule has 1 N–H and O–H groups in total. The molecule has 1 fully saturated rings. The average Bonchev–Trinajstić information content (AvgIpc) is 1.99. The molecule has 1 saturated heterocycles. The third-order valence-electron chi connectivity index (χ3n) is 1.97. The first kappa shape index (κ1) is 7.00. The molecule has 0 unspecified atom stereocenters. The van der Waals surface area contributed by atoms with E-state index in [0.717, 1.165) is 19.4 Å². The second kappa shape index (κ2) is 3.16. The van der Waals surface area contributed by atoms with Crippen molar-refractivity contribution in [2.45, 2.75) is 25.9 Å². The SMILES string of the molecule is C[C@H]1CCCNC[C@H]1F. The van der Waals surface area contributed by atoms with E-state index in [-0.39, 0.29) is 5.92 Å². The van der Waals surface area contributed by atoms with Gasteiger partial charge in [0, 0.05) is 6.54 Å². The van der Waals surface area contributed by atoms with Crippen LogP contribution in [0.5, 0.6) is 0 Å². The molecule has 0 amide bonds. The lowest BCUT2D eigenvalue weighted by molar-refractivity contribution is 0.242. The Hall–Kier alpha value is -0.110. The number of nitrogens with one attached hydrogen (secondary N) is 1. The Morgan fingerprint density at radius 1 is 1.56 bits per heavy atom. The summed E-state index contributed by atoms with van der Waals surface area (Å²) < 4.78 is 12.8. The zero-order valence-corrected chi connectivity index (χ0v) is 5.86. The number of hydrogen-bond donors (Lipinski definition) is 1. The maximum absolute atomic E-state index is 12.8. The highest BCUT2D eigenvalue weighted by atomic mass is 19.1. The van der Waals surface area contributed by atoms with Gasteiger partial charge in [-0.05, 0) is 25.3 Å². The summed E-state index contributed by atoms with van der Waals surface area (Å²) in [4.78, 5) is 0. The fourth-order valence-corrected chi connectivity index (χ4v) is 1.17. The topological polar surface area (TPSA) is 12.0 Å². The van der Waals surface area contributed by atoms with Crippen molar-refractivity contribution in [2.24, 2.45) is 5.92 Å². The largest absolute Gasteiger partial charge is 0.314 e. The third-order valence-corrected chi connectivity index (χ3v) is 1.97. The molecule has 0 bridgehead atoms. The molecule has 1 aliphatic heterocycles. The predicted octanol–water partition coefficient (Wildman–Crippen LogP) is 1.34. The lowest BCUT2D eigenvalue weighted by Gasteiger charge is -2.10. The second-order valence-electron chi connectivity index (χ2n) is 2.84. The van der Waals surface area contributed by atoms with Gasteiger partial charge in [-0.2, -0.15) is 0 Å². The number of rotatable bonds is 0. The zero-order chi connectivity index (χ0) is 6.69. The Kier molecular flexibility index (Phi) is 2.46. The highest BCUT2D eigenvalue weighted by Crippen LogP contribution is 2.15. The summed E-state index contributed by atoms with van der Waals surface area (Å²) >= 11 is 0. The van der Waals surface area contributed by atoms with Crippen LogP contribution in [0.4, 0.5) is 4.39 Å². The quantitative estimate of drug-likeness (QED) is 0.523. The molecule has 0 spiro atoms. The van der Waals surface area contributed by atoms with Crippen LogP contribution in [0.15, 0.2) is 0 Å². The van der Waals surface area contributed by atoms with E-state index in [1.54, 1.807) is 0 Å². The average molecular weight is 131 g/mol. The van der Waals surface area contributed by atoms with Crippen molar-refractivity contribution in [2.75, 3.05) is 13.1 Å². The van der Waals surface area contributed by atoms with Crippen LogP contribution in [0.1, 0.15) is 19.8 Å². The van der Waals surface area contributed by atoms with E-state index < -0.39 is 6.17 Å². The van der Waals surface area contributed by atoms with Crippen LogP contribution in [0.25, 0.3) is 0 Å². The normalized spacial score (nSPS) is 38.0. The molecule has 0 saturated carbocycles. The van der Waals surface area contributed by atoms with E-state index in [2.05, 4.69) is 5.32 Å². The monoisotopic (exact) mass is 131 g/mol. The van der Waals surface area contributed by atoms with Crippen molar-refractivity contribution in [3.05, 3.63) is 0 Å². The molecule has 54 valence electrons. The Bertz CT molecular complexity index is 75.0. The van der Waals surface area contributed by atoms with Crippen molar-refractivity contribution in [1.29, 1.82) is 0 Å². The van der Waals surface area contributed by atoms with Gasteiger partial charge in [-0.15, -0.1) is 0 Å². The maximum atomic E-state index is 12.8. The molecule has 1 nitrogen and oxygen atoms in total. The van der Waals surface area contributed by atoms with Gasteiger partial charge in [-0.3, -0.25) is 0 Å². The molecule has 0 aromatic rings. The number of hydrogen-bond acceptors (Lipinski definition) is 1. The number of alkyl halides is 1. The van der Waals surface area contributed by atoms with Gasteiger partial charge in [0.2, 0.25) is 0 Å². The summed E-state index contributed by atoms with van der Waals surface area (Å²) in [6.45, 7) is 3.53. The molecule has 0 aliphatic carbocycles. The van der Waals surface area contributed by atoms with Crippen LogP contribution in [-0.2, 0) is 0 Å². The van der Waals surface area contributed by atoms with E-state index in [1.165, 1.54) is 0 Å². The molecule has 0 radical (unpaired) electrons. The van der Waals surface area contributed by atoms with Gasteiger partial charge < -0.3 is 5.32 Å². The summed E-state index contributed by atoms with van der Waals surface area (Å²) in [7, 11) is 0. The van der Waals surface area contributed by atoms with Crippen molar-refractivity contribution in [3.63, 3.8) is 0 Å². The first-order valence-corrected chi connectivity index (χ1v) is 3.65. The summed E-state index contributed by atoms with van der Waals surface area (Å²) in [6, 6.07) is 0. The lowest BCUT2D eigenvalue weighted by Crippen LogP contribution is -2.24. The maximum Gasteiger partial charge on any atom is 0.115 e. The minimum atomic E-state index is -0.618. The lowest BCUT2D eigenvalue weighted by atomic mass is 10.0. The van der Waals surface area contributed by atoms with Crippen LogP contribution in [0, 0.1) is 5.92 Å². The van der Waals surface area contributed by atoms with Gasteiger partial charge in [0.05, 0.1) is 0 Å². The van der Waals surface area contributed by atoms with Gasteiger partial charge in [-0.1, -0.05) is 6.92 Å².